The van der Waals surface area contributed by atoms with Crippen LogP contribution in [0.2, 0.25) is 19.6 Å². The fraction of sp³-hybridized carbons (Fsp3) is 0.263. The van der Waals surface area contributed by atoms with E-state index in [0.717, 1.165) is 5.19 Å². The Morgan fingerprint density at radius 1 is 0.837 bits per heavy atom. The molecule has 0 fully saturated rings. The molecule has 2 aromatic heterocycles. The van der Waals surface area contributed by atoms with Crippen LogP contribution >= 0.6 is 0 Å². The van der Waals surface area contributed by atoms with E-state index < -0.39 is 33.1 Å². The molecule has 0 N–H and O–H groups in total. The number of hydrogen-bond donors (Lipinski definition) is 0. The van der Waals surface area contributed by atoms with Gasteiger partial charge in [-0.05, 0) is 52.7 Å². The molecule has 2 heterocycles. The second-order valence-corrected chi connectivity index (χ2v) is 17.1. The monoisotopic (exact) mass is 772 g/mol. The maximum Gasteiger partial charge on any atom is 0.0799 e. The number of aryl methyl sites for hydroxylation is 1. The third-order valence-electron chi connectivity index (χ3n) is 6.21. The average molecular weight is 772 g/mol. The molecule has 225 valence electrons. The first-order valence-corrected chi connectivity index (χ1v) is 17.4. The van der Waals surface area contributed by atoms with Gasteiger partial charge in [-0.25, -0.2) is 0 Å². The minimum atomic E-state index is -2.42. The molecule has 0 saturated carbocycles. The van der Waals surface area contributed by atoms with E-state index in [-0.39, 0.29) is 37.0 Å². The summed E-state index contributed by atoms with van der Waals surface area (Å²) in [5.41, 5.74) is 3.07. The van der Waals surface area contributed by atoms with Crippen LogP contribution in [0.5, 0.6) is 0 Å². The van der Waals surface area contributed by atoms with Crippen LogP contribution in [0.15, 0.2) is 97.3 Å². The second-order valence-electron chi connectivity index (χ2n) is 12.0. The Morgan fingerprint density at radius 2 is 1.49 bits per heavy atom. The normalized spacial score (nSPS) is 14.6. The van der Waals surface area contributed by atoms with E-state index in [0.29, 0.717) is 33.6 Å². The largest absolute Gasteiger partial charge is 0.305 e. The van der Waals surface area contributed by atoms with Crippen LogP contribution in [-0.4, -0.2) is 18.0 Å². The Morgan fingerprint density at radius 3 is 2.07 bits per heavy atom. The van der Waals surface area contributed by atoms with Gasteiger partial charge in [0, 0.05) is 47.9 Å². The molecule has 0 aliphatic heterocycles. The molecular weight excluding hydrogens is 724 g/mol. The zero-order valence-electron chi connectivity index (χ0n) is 32.3. The smallest absolute Gasteiger partial charge is 0.0799 e. The number of nitrogens with zero attached hydrogens (tertiary/aromatic N) is 2. The number of hydrogen-bond acceptors (Lipinski definition) is 2. The van der Waals surface area contributed by atoms with Crippen LogP contribution in [0, 0.1) is 30.2 Å². The van der Waals surface area contributed by atoms with Crippen molar-refractivity contribution in [2.24, 2.45) is 5.41 Å². The van der Waals surface area contributed by atoms with Crippen molar-refractivity contribution >= 4 is 13.3 Å². The zero-order chi connectivity index (χ0) is 36.4. The van der Waals surface area contributed by atoms with Crippen LogP contribution in [0.1, 0.15) is 52.6 Å². The molecule has 0 unspecified atom stereocenters. The van der Waals surface area contributed by atoms with Gasteiger partial charge in [0.1, 0.15) is 0 Å². The van der Waals surface area contributed by atoms with E-state index in [1.54, 1.807) is 63.4 Å². The zero-order valence-corrected chi connectivity index (χ0v) is 28.7. The summed E-state index contributed by atoms with van der Waals surface area (Å²) in [6.07, 6.45) is -0.408. The fourth-order valence-corrected chi connectivity index (χ4v) is 5.60. The molecule has 0 bridgehead atoms. The molecular formula is C38H41FIrN2Si-2. The fourth-order valence-electron chi connectivity index (χ4n) is 4.21. The average Bonchev–Trinajstić information content (AvgIpc) is 3.04. The summed E-state index contributed by atoms with van der Waals surface area (Å²) in [5, 5.41) is 0.984. The van der Waals surface area contributed by atoms with Gasteiger partial charge < -0.3 is 9.97 Å². The van der Waals surface area contributed by atoms with Gasteiger partial charge in [0.05, 0.1) is 8.07 Å². The molecule has 0 amide bonds. The van der Waals surface area contributed by atoms with Crippen molar-refractivity contribution in [3.8, 4) is 22.5 Å². The van der Waals surface area contributed by atoms with E-state index in [2.05, 4.69) is 41.7 Å². The van der Waals surface area contributed by atoms with Gasteiger partial charge in [0.15, 0.2) is 0 Å². The predicted octanol–water partition coefficient (Wildman–Crippen LogP) is 9.27. The van der Waals surface area contributed by atoms with Gasteiger partial charge in [-0.1, -0.05) is 94.0 Å². The topological polar surface area (TPSA) is 25.8 Å². The van der Waals surface area contributed by atoms with E-state index in [1.807, 2.05) is 36.4 Å². The van der Waals surface area contributed by atoms with Crippen molar-refractivity contribution in [1.29, 1.82) is 0 Å². The number of rotatable bonds is 6. The van der Waals surface area contributed by atoms with Crippen LogP contribution in [0.4, 0.5) is 4.39 Å². The Labute approximate surface area is 282 Å². The Balaban J connectivity index is 0.000000267. The molecule has 0 atom stereocenters. The number of pyridine rings is 2. The van der Waals surface area contributed by atoms with Crippen molar-refractivity contribution < 1.29 is 34.1 Å². The number of halogens is 1. The first-order chi connectivity index (χ1) is 22.6. The van der Waals surface area contributed by atoms with Crippen LogP contribution in [-0.2, 0) is 32.9 Å². The van der Waals surface area contributed by atoms with Gasteiger partial charge in [-0.3, -0.25) is 4.39 Å². The first-order valence-electron chi connectivity index (χ1n) is 17.4. The number of benzene rings is 3. The Hall–Kier alpha value is -3.24. The molecule has 0 saturated heterocycles. The second kappa shape index (κ2) is 15.0. The molecule has 2 nitrogen and oxygen atoms in total. The predicted molar refractivity (Wildman–Crippen MR) is 177 cm³/mol. The van der Waals surface area contributed by atoms with E-state index in [9.17, 15) is 4.39 Å². The summed E-state index contributed by atoms with van der Waals surface area (Å²) in [6.45, 7) is 9.38. The number of aromatic nitrogens is 2. The van der Waals surface area contributed by atoms with Gasteiger partial charge in [0.25, 0.3) is 0 Å². The van der Waals surface area contributed by atoms with Crippen LogP contribution < -0.4 is 5.19 Å². The summed E-state index contributed by atoms with van der Waals surface area (Å²) in [6, 6.07) is 29.9. The summed E-state index contributed by atoms with van der Waals surface area (Å²) < 4.78 is 70.9. The quantitative estimate of drug-likeness (QED) is 0.127. The first kappa shape index (κ1) is 25.1. The third-order valence-corrected chi connectivity index (χ3v) is 8.23. The van der Waals surface area contributed by atoms with Crippen molar-refractivity contribution in [3.63, 3.8) is 0 Å². The van der Waals surface area contributed by atoms with Crippen molar-refractivity contribution in [2.45, 2.75) is 60.0 Å². The van der Waals surface area contributed by atoms with Crippen LogP contribution in [0.25, 0.3) is 22.5 Å². The van der Waals surface area contributed by atoms with Gasteiger partial charge in [0.2, 0.25) is 0 Å². The standard InChI is InChI=1S/C21H21FNSi.C17H20N.Ir/c1-24(2,3)21-15-23-20(17-9-11-19(22)12-10-17)14-18(21)13-16-7-5-4-6-8-16;1-13-12-18-16(14-8-6-5-7-9-14)10-15(13)11-17(2,3)4;/h4-9,11-12,14-15H,13H2,1-3H3;5-8,10,12H,11H2,1-4H3;/q2*-1;/i13D2;1D3,11D2;. The van der Waals surface area contributed by atoms with Gasteiger partial charge >= 0.3 is 0 Å². The molecule has 0 aliphatic carbocycles. The molecule has 5 rings (SSSR count). The van der Waals surface area contributed by atoms with E-state index in [4.69, 9.17) is 9.60 Å². The van der Waals surface area contributed by atoms with Crippen molar-refractivity contribution in [1.82, 2.24) is 9.97 Å². The molecule has 0 spiro atoms. The summed E-state index contributed by atoms with van der Waals surface area (Å²) >= 11 is 0. The maximum atomic E-state index is 13.2. The van der Waals surface area contributed by atoms with E-state index in [1.165, 1.54) is 18.3 Å². The van der Waals surface area contributed by atoms with Gasteiger partial charge in [-0.2, -0.15) is 0 Å². The summed E-state index contributed by atoms with van der Waals surface area (Å²) in [4.78, 5) is 8.74. The van der Waals surface area contributed by atoms with Crippen molar-refractivity contribution in [3.05, 3.63) is 138 Å². The van der Waals surface area contributed by atoms with Crippen molar-refractivity contribution in [2.75, 3.05) is 0 Å². The van der Waals surface area contributed by atoms with E-state index >= 15 is 0 Å². The molecule has 0 aliphatic rings. The third kappa shape index (κ3) is 10.2. The minimum Gasteiger partial charge on any atom is -0.305 e. The molecule has 5 heteroatoms. The molecule has 43 heavy (non-hydrogen) atoms. The molecule has 5 aromatic rings. The Kier molecular flexibility index (Phi) is 8.74. The summed E-state index contributed by atoms with van der Waals surface area (Å²) in [5.74, 6) is -0.354. The van der Waals surface area contributed by atoms with Crippen LogP contribution in [0.3, 0.4) is 0 Å². The molecule has 3 aromatic carbocycles. The van der Waals surface area contributed by atoms with Gasteiger partial charge in [-0.15, -0.1) is 65.7 Å². The Bertz CT molecular complexity index is 1870. The SMILES string of the molecule is [2H]C([2H])([2H])c1cnc(-c2[c-]cccc2)cc1C([2H])([2H])C(C)(C)C.[2H]C([2H])(c1ccccc1)c1cc(-c2[c-]cc(F)cc2)ncc1[Si](C)(C)C.[Ir]. The molecule has 1 radical (unpaired) electrons. The maximum absolute atomic E-state index is 13.2. The minimum absolute atomic E-state index is 0. The summed E-state index contributed by atoms with van der Waals surface area (Å²) in [7, 11) is -1.83.